The van der Waals surface area contributed by atoms with Crippen molar-refractivity contribution in [3.63, 3.8) is 0 Å². The zero-order chi connectivity index (χ0) is 30.0. The van der Waals surface area contributed by atoms with Gasteiger partial charge in [-0.05, 0) is 62.4 Å². The summed E-state index contributed by atoms with van der Waals surface area (Å²) in [6, 6.07) is 11.5. The first kappa shape index (κ1) is 33.0. The van der Waals surface area contributed by atoms with E-state index in [2.05, 4.69) is 5.32 Å². The fraction of sp³-hybridized carbons (Fsp3) is 0.533. The summed E-state index contributed by atoms with van der Waals surface area (Å²) >= 11 is 12.4. The molecule has 226 valence electrons. The van der Waals surface area contributed by atoms with E-state index in [0.717, 1.165) is 37.5 Å². The highest BCUT2D eigenvalue weighted by molar-refractivity contribution is 7.92. The zero-order valence-electron chi connectivity index (χ0n) is 24.1. The van der Waals surface area contributed by atoms with Crippen molar-refractivity contribution in [2.24, 2.45) is 0 Å². The van der Waals surface area contributed by atoms with E-state index in [9.17, 15) is 18.0 Å². The van der Waals surface area contributed by atoms with Crippen LogP contribution < -0.4 is 14.4 Å². The number of rotatable bonds is 14. The van der Waals surface area contributed by atoms with Crippen molar-refractivity contribution in [1.82, 2.24) is 10.2 Å². The Hall–Kier alpha value is -2.49. The minimum absolute atomic E-state index is 0.0529. The van der Waals surface area contributed by atoms with Crippen LogP contribution in [0.1, 0.15) is 70.8 Å². The smallest absolute Gasteiger partial charge is 0.243 e. The molecule has 2 amide bonds. The minimum Gasteiger partial charge on any atom is -0.492 e. The quantitative estimate of drug-likeness (QED) is 0.270. The molecule has 2 aromatic rings. The molecule has 0 spiro atoms. The first-order valence-electron chi connectivity index (χ1n) is 14.3. The summed E-state index contributed by atoms with van der Waals surface area (Å²) in [7, 11) is -3.65. The minimum atomic E-state index is -3.65. The SMILES string of the molecule is CCOc1ccccc1N(CCCC(=O)N(Cc1ccc(Cl)c(Cl)c1)[C@H](CC)C(=O)NC1CCCCC1)S(C)(=O)=O. The first-order valence-corrected chi connectivity index (χ1v) is 16.9. The number of anilines is 1. The van der Waals surface area contributed by atoms with E-state index in [-0.39, 0.29) is 43.8 Å². The van der Waals surface area contributed by atoms with Crippen LogP contribution in [0.3, 0.4) is 0 Å². The maximum absolute atomic E-state index is 13.7. The van der Waals surface area contributed by atoms with Crippen LogP contribution >= 0.6 is 23.2 Å². The van der Waals surface area contributed by atoms with Gasteiger partial charge in [0.05, 0.1) is 28.6 Å². The molecule has 0 bridgehead atoms. The van der Waals surface area contributed by atoms with Gasteiger partial charge in [-0.15, -0.1) is 0 Å². The zero-order valence-corrected chi connectivity index (χ0v) is 26.4. The van der Waals surface area contributed by atoms with Gasteiger partial charge >= 0.3 is 0 Å². The summed E-state index contributed by atoms with van der Waals surface area (Å²) in [4.78, 5) is 28.8. The highest BCUT2D eigenvalue weighted by Gasteiger charge is 2.31. The molecule has 41 heavy (non-hydrogen) atoms. The van der Waals surface area contributed by atoms with E-state index >= 15 is 0 Å². The van der Waals surface area contributed by atoms with E-state index in [1.165, 1.54) is 10.7 Å². The van der Waals surface area contributed by atoms with Crippen molar-refractivity contribution in [2.75, 3.05) is 23.7 Å². The van der Waals surface area contributed by atoms with Gasteiger partial charge < -0.3 is 15.0 Å². The first-order chi connectivity index (χ1) is 19.5. The molecular formula is C30H41Cl2N3O5S. The molecular weight excluding hydrogens is 585 g/mol. The van der Waals surface area contributed by atoms with Crippen LogP contribution in [0.2, 0.25) is 10.0 Å². The molecule has 0 saturated heterocycles. The van der Waals surface area contributed by atoms with Crippen molar-refractivity contribution in [1.29, 1.82) is 0 Å². The fourth-order valence-electron chi connectivity index (χ4n) is 5.22. The van der Waals surface area contributed by atoms with E-state index < -0.39 is 16.1 Å². The van der Waals surface area contributed by atoms with Crippen LogP contribution in [-0.2, 0) is 26.2 Å². The topological polar surface area (TPSA) is 96.0 Å². The number of para-hydroxylation sites is 2. The van der Waals surface area contributed by atoms with Gasteiger partial charge in [-0.3, -0.25) is 13.9 Å². The molecule has 0 aliphatic heterocycles. The largest absolute Gasteiger partial charge is 0.492 e. The van der Waals surface area contributed by atoms with E-state index in [1.807, 2.05) is 13.8 Å². The number of benzene rings is 2. The second-order valence-electron chi connectivity index (χ2n) is 10.4. The summed E-state index contributed by atoms with van der Waals surface area (Å²) in [5.41, 5.74) is 1.18. The van der Waals surface area contributed by atoms with Crippen LogP contribution in [0, 0.1) is 0 Å². The summed E-state index contributed by atoms with van der Waals surface area (Å²) < 4.78 is 32.4. The molecule has 1 atom stereocenters. The number of hydrogen-bond donors (Lipinski definition) is 1. The van der Waals surface area contributed by atoms with Gasteiger partial charge in [0, 0.05) is 25.6 Å². The number of hydrogen-bond acceptors (Lipinski definition) is 5. The average molecular weight is 627 g/mol. The van der Waals surface area contributed by atoms with Crippen LogP contribution in [0.15, 0.2) is 42.5 Å². The Labute approximate surface area is 254 Å². The number of sulfonamides is 1. The van der Waals surface area contributed by atoms with Gasteiger partial charge in [0.2, 0.25) is 21.8 Å². The predicted molar refractivity (Wildman–Crippen MR) is 165 cm³/mol. The molecule has 1 fully saturated rings. The summed E-state index contributed by atoms with van der Waals surface area (Å²) in [5.74, 6) is 0.0444. The maximum Gasteiger partial charge on any atom is 0.243 e. The lowest BCUT2D eigenvalue weighted by Gasteiger charge is -2.33. The van der Waals surface area contributed by atoms with E-state index in [4.69, 9.17) is 27.9 Å². The second kappa shape index (κ2) is 15.7. The van der Waals surface area contributed by atoms with Crippen LogP contribution in [0.25, 0.3) is 0 Å². The van der Waals surface area contributed by atoms with Gasteiger partial charge in [-0.1, -0.05) is 67.6 Å². The third-order valence-corrected chi connectivity index (χ3v) is 9.18. The normalized spacial score (nSPS) is 14.8. The molecule has 0 aromatic heterocycles. The Bertz CT molecular complexity index is 1280. The van der Waals surface area contributed by atoms with Gasteiger partial charge in [-0.25, -0.2) is 8.42 Å². The van der Waals surface area contributed by atoms with Gasteiger partial charge in [-0.2, -0.15) is 0 Å². The number of nitrogens with zero attached hydrogens (tertiary/aromatic N) is 2. The Morgan fingerprint density at radius 2 is 1.76 bits per heavy atom. The molecule has 3 rings (SSSR count). The van der Waals surface area contributed by atoms with Crippen molar-refractivity contribution in [2.45, 2.75) is 83.8 Å². The molecule has 1 saturated carbocycles. The van der Waals surface area contributed by atoms with Crippen LogP contribution in [0.5, 0.6) is 5.75 Å². The molecule has 1 N–H and O–H groups in total. The number of halogens is 2. The third-order valence-electron chi connectivity index (χ3n) is 7.26. The molecule has 0 heterocycles. The molecule has 0 unspecified atom stereocenters. The molecule has 1 aliphatic rings. The number of carbonyl (C=O) groups is 2. The Morgan fingerprint density at radius 3 is 2.39 bits per heavy atom. The van der Waals surface area contributed by atoms with Crippen molar-refractivity contribution in [3.8, 4) is 5.75 Å². The van der Waals surface area contributed by atoms with E-state index in [1.54, 1.807) is 47.4 Å². The monoisotopic (exact) mass is 625 g/mol. The second-order valence-corrected chi connectivity index (χ2v) is 13.1. The maximum atomic E-state index is 13.7. The summed E-state index contributed by atoms with van der Waals surface area (Å²) in [6.07, 6.45) is 7.09. The van der Waals surface area contributed by atoms with Gasteiger partial charge in [0.1, 0.15) is 11.8 Å². The highest BCUT2D eigenvalue weighted by atomic mass is 35.5. The Balaban J connectivity index is 1.80. The van der Waals surface area contributed by atoms with Gasteiger partial charge in [0.25, 0.3) is 0 Å². The lowest BCUT2D eigenvalue weighted by atomic mass is 9.95. The highest BCUT2D eigenvalue weighted by Crippen LogP contribution is 2.30. The molecule has 11 heteroatoms. The Kier molecular flexibility index (Phi) is 12.6. The summed E-state index contributed by atoms with van der Waals surface area (Å²) in [5, 5.41) is 3.94. The number of amides is 2. The molecule has 0 radical (unpaired) electrons. The standard InChI is InChI=1S/C30H41Cl2N3O5S/c1-4-26(30(37)33-23-12-7-6-8-13-23)34(21-22-17-18-24(31)25(32)20-22)29(36)16-11-19-35(41(3,38)39)27-14-9-10-15-28(27)40-5-2/h9-10,14-15,17-18,20,23,26H,4-8,11-13,16,19,21H2,1-3H3,(H,33,37)/t26-/m1/s1. The number of nitrogens with one attached hydrogen (secondary N) is 1. The third kappa shape index (κ3) is 9.51. The Morgan fingerprint density at radius 1 is 1.05 bits per heavy atom. The van der Waals surface area contributed by atoms with Gasteiger partial charge in [0.15, 0.2) is 0 Å². The predicted octanol–water partition coefficient (Wildman–Crippen LogP) is 6.19. The lowest BCUT2D eigenvalue weighted by Crippen LogP contribution is -2.51. The van der Waals surface area contributed by atoms with Crippen molar-refractivity contribution in [3.05, 3.63) is 58.1 Å². The summed E-state index contributed by atoms with van der Waals surface area (Å²) in [6.45, 7) is 4.36. The van der Waals surface area contributed by atoms with Crippen LogP contribution in [0.4, 0.5) is 5.69 Å². The average Bonchev–Trinajstić information content (AvgIpc) is 2.93. The van der Waals surface area contributed by atoms with Crippen molar-refractivity contribution >= 4 is 50.7 Å². The molecule has 1 aliphatic carbocycles. The number of carbonyl (C=O) groups excluding carboxylic acids is 2. The molecule has 8 nitrogen and oxygen atoms in total. The number of ether oxygens (including phenoxy) is 1. The van der Waals surface area contributed by atoms with Crippen LogP contribution in [-0.4, -0.2) is 56.6 Å². The molecule has 2 aromatic carbocycles. The van der Waals surface area contributed by atoms with Crippen molar-refractivity contribution < 1.29 is 22.7 Å². The fourth-order valence-corrected chi connectivity index (χ4v) is 6.51. The lowest BCUT2D eigenvalue weighted by molar-refractivity contribution is -0.141. The van der Waals surface area contributed by atoms with E-state index in [0.29, 0.717) is 34.5 Å².